The third-order valence-corrected chi connectivity index (χ3v) is 4.42. The van der Waals surface area contributed by atoms with Crippen molar-refractivity contribution in [2.24, 2.45) is 0 Å². The highest BCUT2D eigenvalue weighted by Gasteiger charge is 2.27. The van der Waals surface area contributed by atoms with E-state index >= 15 is 0 Å². The Labute approximate surface area is 148 Å². The summed E-state index contributed by atoms with van der Waals surface area (Å²) in [6.07, 6.45) is 0.991. The lowest BCUT2D eigenvalue weighted by molar-refractivity contribution is 0.0692. The van der Waals surface area contributed by atoms with Crippen LogP contribution in [-0.4, -0.2) is 35.8 Å². The molecule has 0 saturated carbocycles. The van der Waals surface area contributed by atoms with Crippen LogP contribution in [0.5, 0.6) is 0 Å². The van der Waals surface area contributed by atoms with E-state index in [4.69, 9.17) is 0 Å². The third-order valence-electron chi connectivity index (χ3n) is 4.42. The number of likely N-dealkylation sites (tertiary alicyclic amines) is 1. The van der Waals surface area contributed by atoms with Crippen LogP contribution in [0.2, 0.25) is 0 Å². The van der Waals surface area contributed by atoms with E-state index in [0.717, 1.165) is 12.1 Å². The second-order valence-electron chi connectivity index (χ2n) is 6.13. The van der Waals surface area contributed by atoms with Crippen molar-refractivity contribution in [3.63, 3.8) is 0 Å². The largest absolute Gasteiger partial charge is 0.349 e. The standard InChI is InChI=1S/C19H17F3N2O2/c20-15-7-6-14(16(21)17(15)22)19(26)24-10-8-13(9-11-24)23-18(25)12-4-2-1-3-5-12/h1-7,13H,8-11H2,(H,23,25). The van der Waals surface area contributed by atoms with Crippen LogP contribution in [0.15, 0.2) is 42.5 Å². The van der Waals surface area contributed by atoms with E-state index in [1.807, 2.05) is 6.07 Å². The normalized spacial score (nSPS) is 15.0. The highest BCUT2D eigenvalue weighted by Crippen LogP contribution is 2.19. The molecule has 0 aliphatic carbocycles. The summed E-state index contributed by atoms with van der Waals surface area (Å²) < 4.78 is 40.1. The Morgan fingerprint density at radius 2 is 1.58 bits per heavy atom. The van der Waals surface area contributed by atoms with Gasteiger partial charge in [-0.1, -0.05) is 18.2 Å². The molecule has 2 aromatic carbocycles. The summed E-state index contributed by atoms with van der Waals surface area (Å²) in [6.45, 7) is 0.577. The lowest BCUT2D eigenvalue weighted by atomic mass is 10.0. The highest BCUT2D eigenvalue weighted by atomic mass is 19.2. The number of halogens is 3. The maximum absolute atomic E-state index is 13.8. The van der Waals surface area contributed by atoms with Gasteiger partial charge in [-0.05, 0) is 37.1 Å². The molecule has 1 aliphatic heterocycles. The van der Waals surface area contributed by atoms with Gasteiger partial charge in [0.15, 0.2) is 17.5 Å². The number of nitrogens with zero attached hydrogens (tertiary/aromatic N) is 1. The van der Waals surface area contributed by atoms with Gasteiger partial charge in [0, 0.05) is 24.7 Å². The number of piperidine rings is 1. The monoisotopic (exact) mass is 362 g/mol. The predicted octanol–water partition coefficient (Wildman–Crippen LogP) is 3.14. The minimum Gasteiger partial charge on any atom is -0.349 e. The van der Waals surface area contributed by atoms with E-state index in [-0.39, 0.29) is 25.0 Å². The molecular weight excluding hydrogens is 345 g/mol. The van der Waals surface area contributed by atoms with Crippen molar-refractivity contribution in [3.05, 3.63) is 71.0 Å². The number of rotatable bonds is 3. The molecule has 1 fully saturated rings. The van der Waals surface area contributed by atoms with Gasteiger partial charge in [-0.2, -0.15) is 0 Å². The summed E-state index contributed by atoms with van der Waals surface area (Å²) in [7, 11) is 0. The number of amides is 2. The van der Waals surface area contributed by atoms with Crippen LogP contribution in [0.3, 0.4) is 0 Å². The van der Waals surface area contributed by atoms with Crippen LogP contribution in [0.4, 0.5) is 13.2 Å². The molecule has 26 heavy (non-hydrogen) atoms. The molecule has 0 unspecified atom stereocenters. The average molecular weight is 362 g/mol. The number of carbonyl (C=O) groups is 2. The Morgan fingerprint density at radius 1 is 0.923 bits per heavy atom. The molecule has 1 N–H and O–H groups in total. The molecular formula is C19H17F3N2O2. The first-order valence-corrected chi connectivity index (χ1v) is 8.26. The molecule has 0 bridgehead atoms. The van der Waals surface area contributed by atoms with Gasteiger partial charge in [0.05, 0.1) is 5.56 Å². The van der Waals surface area contributed by atoms with Crippen molar-refractivity contribution in [2.45, 2.75) is 18.9 Å². The lowest BCUT2D eigenvalue weighted by Gasteiger charge is -2.32. The van der Waals surface area contributed by atoms with Crippen molar-refractivity contribution in [1.82, 2.24) is 10.2 Å². The summed E-state index contributed by atoms with van der Waals surface area (Å²) >= 11 is 0. The van der Waals surface area contributed by atoms with Gasteiger partial charge < -0.3 is 10.2 Å². The Morgan fingerprint density at radius 3 is 2.23 bits per heavy atom. The van der Waals surface area contributed by atoms with Crippen LogP contribution in [0.25, 0.3) is 0 Å². The topological polar surface area (TPSA) is 49.4 Å². The predicted molar refractivity (Wildman–Crippen MR) is 89.1 cm³/mol. The summed E-state index contributed by atoms with van der Waals surface area (Å²) in [5.74, 6) is -5.34. The van der Waals surface area contributed by atoms with E-state index in [2.05, 4.69) is 5.32 Å². The first kappa shape index (κ1) is 18.0. The van der Waals surface area contributed by atoms with Gasteiger partial charge in [0.1, 0.15) is 0 Å². The molecule has 2 amide bonds. The summed E-state index contributed by atoms with van der Waals surface area (Å²) in [5, 5.41) is 2.90. The van der Waals surface area contributed by atoms with Crippen molar-refractivity contribution >= 4 is 11.8 Å². The van der Waals surface area contributed by atoms with Crippen LogP contribution in [0.1, 0.15) is 33.6 Å². The van der Waals surface area contributed by atoms with E-state index in [9.17, 15) is 22.8 Å². The number of hydrogen-bond acceptors (Lipinski definition) is 2. The van der Waals surface area contributed by atoms with Gasteiger partial charge >= 0.3 is 0 Å². The number of carbonyl (C=O) groups excluding carboxylic acids is 2. The van der Waals surface area contributed by atoms with Crippen molar-refractivity contribution < 1.29 is 22.8 Å². The Hall–Kier alpha value is -2.83. The fourth-order valence-corrected chi connectivity index (χ4v) is 2.95. The second kappa shape index (κ2) is 7.59. The summed E-state index contributed by atoms with van der Waals surface area (Å²) in [5.41, 5.74) is 0.0607. The average Bonchev–Trinajstić information content (AvgIpc) is 2.67. The molecule has 3 rings (SSSR count). The van der Waals surface area contributed by atoms with E-state index in [1.54, 1.807) is 24.3 Å². The number of hydrogen-bond donors (Lipinski definition) is 1. The molecule has 2 aromatic rings. The van der Waals surface area contributed by atoms with Crippen molar-refractivity contribution in [1.29, 1.82) is 0 Å². The van der Waals surface area contributed by atoms with Crippen molar-refractivity contribution in [2.75, 3.05) is 13.1 Å². The van der Waals surface area contributed by atoms with Crippen LogP contribution in [-0.2, 0) is 0 Å². The van der Waals surface area contributed by atoms with Crippen LogP contribution in [0, 0.1) is 17.5 Å². The third kappa shape index (κ3) is 3.71. The molecule has 0 radical (unpaired) electrons. The number of benzene rings is 2. The number of nitrogens with one attached hydrogen (secondary N) is 1. The van der Waals surface area contributed by atoms with Gasteiger partial charge in [-0.15, -0.1) is 0 Å². The van der Waals surface area contributed by atoms with Crippen LogP contribution < -0.4 is 5.32 Å². The quantitative estimate of drug-likeness (QED) is 0.853. The second-order valence-corrected chi connectivity index (χ2v) is 6.13. The van der Waals surface area contributed by atoms with Gasteiger partial charge in [-0.3, -0.25) is 9.59 Å². The molecule has 1 saturated heterocycles. The van der Waals surface area contributed by atoms with Gasteiger partial charge in [-0.25, -0.2) is 13.2 Å². The zero-order chi connectivity index (χ0) is 18.7. The van der Waals surface area contributed by atoms with Gasteiger partial charge in [0.25, 0.3) is 11.8 Å². The maximum Gasteiger partial charge on any atom is 0.256 e. The molecule has 0 spiro atoms. The Kier molecular flexibility index (Phi) is 5.25. The zero-order valence-corrected chi connectivity index (χ0v) is 13.8. The summed E-state index contributed by atoms with van der Waals surface area (Å²) in [6, 6.07) is 10.3. The van der Waals surface area contributed by atoms with Crippen molar-refractivity contribution in [3.8, 4) is 0 Å². The molecule has 7 heteroatoms. The minimum absolute atomic E-state index is 0.110. The molecule has 1 aliphatic rings. The van der Waals surface area contributed by atoms with E-state index in [1.165, 1.54) is 4.90 Å². The summed E-state index contributed by atoms with van der Waals surface area (Å²) in [4.78, 5) is 25.9. The fraction of sp³-hybridized carbons (Fsp3) is 0.263. The Balaban J connectivity index is 1.59. The molecule has 0 atom stereocenters. The van der Waals surface area contributed by atoms with Crippen LogP contribution >= 0.6 is 0 Å². The molecule has 4 nitrogen and oxygen atoms in total. The Bertz CT molecular complexity index is 819. The maximum atomic E-state index is 13.8. The molecule has 0 aromatic heterocycles. The highest BCUT2D eigenvalue weighted by molar-refractivity contribution is 5.95. The molecule has 1 heterocycles. The first-order chi connectivity index (χ1) is 12.5. The fourth-order valence-electron chi connectivity index (χ4n) is 2.95. The van der Waals surface area contributed by atoms with Gasteiger partial charge in [0.2, 0.25) is 0 Å². The zero-order valence-electron chi connectivity index (χ0n) is 13.8. The molecule has 136 valence electrons. The van der Waals surface area contributed by atoms with E-state index in [0.29, 0.717) is 18.4 Å². The SMILES string of the molecule is O=C(NC1CCN(C(=O)c2ccc(F)c(F)c2F)CC1)c1ccccc1. The van der Waals surface area contributed by atoms with E-state index < -0.39 is 28.9 Å². The first-order valence-electron chi connectivity index (χ1n) is 8.26. The smallest absolute Gasteiger partial charge is 0.256 e. The lowest BCUT2D eigenvalue weighted by Crippen LogP contribution is -2.46. The minimum atomic E-state index is -1.65.